The number of benzene rings is 1. The van der Waals surface area contributed by atoms with Crippen molar-refractivity contribution < 1.29 is 39.2 Å². The fourth-order valence-electron chi connectivity index (χ4n) is 7.14. The molecular formula is C29H34BrN2O8. The molecule has 1 radical (unpaired) electrons. The molecule has 1 aromatic carbocycles. The monoisotopic (exact) mass is 617 g/mol. The van der Waals surface area contributed by atoms with Crippen LogP contribution in [0.5, 0.6) is 5.75 Å². The van der Waals surface area contributed by atoms with Gasteiger partial charge in [0.05, 0.1) is 17.4 Å². The molecule has 0 spiro atoms. The average molecular weight is 619 g/mol. The molecule has 3 saturated carbocycles. The normalized spacial score (nSPS) is 34.5. The number of ether oxygens (including phenoxy) is 1. The van der Waals surface area contributed by atoms with Crippen LogP contribution in [0.1, 0.15) is 49.7 Å². The Balaban J connectivity index is 1.71. The highest BCUT2D eigenvalue weighted by Gasteiger charge is 2.71. The molecule has 1 aromatic rings. The van der Waals surface area contributed by atoms with E-state index in [4.69, 9.17) is 10.5 Å². The van der Waals surface area contributed by atoms with Crippen molar-refractivity contribution in [3.8, 4) is 5.75 Å². The van der Waals surface area contributed by atoms with E-state index < -0.39 is 69.5 Å². The van der Waals surface area contributed by atoms with E-state index in [1.165, 1.54) is 6.07 Å². The van der Waals surface area contributed by atoms with Gasteiger partial charge in [-0.2, -0.15) is 0 Å². The number of hydrogen-bond acceptors (Lipinski definition) is 9. The Kier molecular flexibility index (Phi) is 7.60. The van der Waals surface area contributed by atoms with Crippen LogP contribution >= 0.6 is 15.9 Å². The lowest BCUT2D eigenvalue weighted by Gasteiger charge is -2.56. The summed E-state index contributed by atoms with van der Waals surface area (Å²) in [5.74, 6) is -8.93. The SMILES string of the molecule is CN(C)[C@H]1C(Br)C(C(N)=O)C(=O)[C@]2(O)C(=O)C3=C(O)c4c(O)cccc4[CH][C@@H]3[C@@H](OC(=O)C3CCCCCC3)[C@H]12. The molecule has 0 aromatic heterocycles. The van der Waals surface area contributed by atoms with Crippen molar-refractivity contribution in [3.05, 3.63) is 41.3 Å². The summed E-state index contributed by atoms with van der Waals surface area (Å²) in [5, 5.41) is 34.0. The van der Waals surface area contributed by atoms with Crippen LogP contribution in [-0.4, -0.2) is 80.3 Å². The van der Waals surface area contributed by atoms with Gasteiger partial charge < -0.3 is 30.7 Å². The summed E-state index contributed by atoms with van der Waals surface area (Å²) >= 11 is 3.45. The van der Waals surface area contributed by atoms with Gasteiger partial charge in [0.1, 0.15) is 23.5 Å². The highest BCUT2D eigenvalue weighted by Crippen LogP contribution is 2.54. The molecule has 0 aliphatic heterocycles. The zero-order valence-electron chi connectivity index (χ0n) is 22.4. The Bertz CT molecular complexity index is 1290. The first-order chi connectivity index (χ1) is 18.9. The molecule has 5 N–H and O–H groups in total. The van der Waals surface area contributed by atoms with Gasteiger partial charge >= 0.3 is 5.97 Å². The Morgan fingerprint density at radius 2 is 1.75 bits per heavy atom. The number of carbonyl (C=O) groups is 4. The number of aliphatic hydroxyl groups excluding tert-OH is 1. The van der Waals surface area contributed by atoms with Gasteiger partial charge in [-0.15, -0.1) is 0 Å². The van der Waals surface area contributed by atoms with Gasteiger partial charge in [0.15, 0.2) is 11.4 Å². The van der Waals surface area contributed by atoms with Crippen LogP contribution in [0, 0.1) is 30.1 Å². The Morgan fingerprint density at radius 3 is 2.35 bits per heavy atom. The number of esters is 1. The number of fused-ring (bicyclic) bond motifs is 3. The van der Waals surface area contributed by atoms with Crippen LogP contribution in [0.3, 0.4) is 0 Å². The lowest BCUT2D eigenvalue weighted by atomic mass is 9.53. The van der Waals surface area contributed by atoms with Crippen LogP contribution in [0.15, 0.2) is 23.8 Å². The maximum Gasteiger partial charge on any atom is 0.309 e. The second kappa shape index (κ2) is 10.6. The van der Waals surface area contributed by atoms with Gasteiger partial charge in [-0.1, -0.05) is 53.7 Å². The molecule has 0 saturated heterocycles. The van der Waals surface area contributed by atoms with Crippen molar-refractivity contribution in [3.63, 3.8) is 0 Å². The minimum atomic E-state index is -2.83. The smallest absolute Gasteiger partial charge is 0.309 e. The zero-order valence-corrected chi connectivity index (χ0v) is 24.0. The lowest BCUT2D eigenvalue weighted by molar-refractivity contribution is -0.194. The largest absolute Gasteiger partial charge is 0.507 e. The Hall–Kier alpha value is -2.76. The fraction of sp³-hybridized carbons (Fsp3) is 0.552. The van der Waals surface area contributed by atoms with Crippen LogP contribution in [0.2, 0.25) is 0 Å². The fourth-order valence-corrected chi connectivity index (χ4v) is 8.44. The number of halogens is 1. The number of amides is 1. The molecule has 4 aliphatic rings. The summed E-state index contributed by atoms with van der Waals surface area (Å²) in [6, 6.07) is 3.71. The highest BCUT2D eigenvalue weighted by atomic mass is 79.9. The number of nitrogens with two attached hydrogens (primary N) is 1. The number of rotatable bonds is 4. The summed E-state index contributed by atoms with van der Waals surface area (Å²) in [6.07, 6.45) is 5.40. The summed E-state index contributed by atoms with van der Waals surface area (Å²) in [7, 11) is 3.34. The molecule has 1 amide bonds. The first kappa shape index (κ1) is 28.8. The minimum absolute atomic E-state index is 0.0322. The molecule has 0 heterocycles. The van der Waals surface area contributed by atoms with E-state index in [0.717, 1.165) is 25.7 Å². The van der Waals surface area contributed by atoms with E-state index in [9.17, 15) is 34.5 Å². The van der Waals surface area contributed by atoms with Gasteiger partial charge in [-0.05, 0) is 38.6 Å². The molecule has 5 rings (SSSR count). The van der Waals surface area contributed by atoms with Crippen molar-refractivity contribution in [1.29, 1.82) is 0 Å². The zero-order chi connectivity index (χ0) is 29.1. The maximum atomic E-state index is 14.2. The molecule has 0 bridgehead atoms. The number of ketones is 2. The number of aliphatic hydroxyl groups is 2. The molecule has 10 nitrogen and oxygen atoms in total. The summed E-state index contributed by atoms with van der Waals surface area (Å²) in [4.78, 5) is 54.9. The van der Waals surface area contributed by atoms with Gasteiger partial charge in [-0.3, -0.25) is 19.2 Å². The van der Waals surface area contributed by atoms with Crippen LogP contribution in [0.25, 0.3) is 5.76 Å². The average Bonchev–Trinajstić information content (AvgIpc) is 3.17. The van der Waals surface area contributed by atoms with Crippen molar-refractivity contribution in [1.82, 2.24) is 4.90 Å². The van der Waals surface area contributed by atoms with E-state index in [0.29, 0.717) is 18.4 Å². The van der Waals surface area contributed by atoms with E-state index in [-0.39, 0.29) is 22.8 Å². The van der Waals surface area contributed by atoms with Crippen molar-refractivity contribution in [2.75, 3.05) is 14.1 Å². The van der Waals surface area contributed by atoms with E-state index in [1.807, 2.05) is 0 Å². The summed E-state index contributed by atoms with van der Waals surface area (Å²) < 4.78 is 6.20. The van der Waals surface area contributed by atoms with E-state index >= 15 is 0 Å². The number of aromatic hydroxyl groups is 1. The molecule has 2 unspecified atom stereocenters. The second-order valence-corrected chi connectivity index (χ2v) is 12.6. The molecule has 11 heteroatoms. The predicted molar refractivity (Wildman–Crippen MR) is 147 cm³/mol. The number of primary amides is 1. The number of phenolic OH excluding ortho intramolecular Hbond substituents is 1. The first-order valence-electron chi connectivity index (χ1n) is 13.6. The maximum absolute atomic E-state index is 14.2. The number of alkyl halides is 1. The van der Waals surface area contributed by atoms with Crippen molar-refractivity contribution in [2.45, 2.75) is 61.1 Å². The lowest BCUT2D eigenvalue weighted by Crippen LogP contribution is -2.76. The molecule has 7 atom stereocenters. The number of hydrogen-bond donors (Lipinski definition) is 4. The third-order valence-corrected chi connectivity index (χ3v) is 10.1. The summed E-state index contributed by atoms with van der Waals surface area (Å²) in [5.41, 5.74) is 2.78. The quantitative estimate of drug-likeness (QED) is 0.171. The number of carbonyl (C=O) groups excluding carboxylic acids is 4. The minimum Gasteiger partial charge on any atom is -0.507 e. The van der Waals surface area contributed by atoms with Gasteiger partial charge in [0.2, 0.25) is 11.7 Å². The third-order valence-electron chi connectivity index (χ3n) is 9.05. The van der Waals surface area contributed by atoms with Crippen LogP contribution in [-0.2, 0) is 23.9 Å². The first-order valence-corrected chi connectivity index (χ1v) is 14.5. The van der Waals surface area contributed by atoms with Crippen molar-refractivity contribution >= 4 is 45.1 Å². The highest BCUT2D eigenvalue weighted by molar-refractivity contribution is 9.09. The predicted octanol–water partition coefficient (Wildman–Crippen LogP) is 2.03. The van der Waals surface area contributed by atoms with E-state index in [1.54, 1.807) is 37.5 Å². The topological polar surface area (TPSA) is 167 Å². The third kappa shape index (κ3) is 4.28. The van der Waals surface area contributed by atoms with Crippen LogP contribution in [0.4, 0.5) is 0 Å². The second-order valence-electron chi connectivity index (χ2n) is 11.6. The molecule has 215 valence electrons. The van der Waals surface area contributed by atoms with Gasteiger partial charge in [0, 0.05) is 28.8 Å². The van der Waals surface area contributed by atoms with E-state index in [2.05, 4.69) is 15.9 Å². The Morgan fingerprint density at radius 1 is 1.10 bits per heavy atom. The number of Topliss-reactive ketones (excluding diaryl/α,β-unsaturated/α-hetero) is 2. The van der Waals surface area contributed by atoms with Gasteiger partial charge in [-0.25, -0.2) is 0 Å². The summed E-state index contributed by atoms with van der Waals surface area (Å²) in [6.45, 7) is 0. The molecular weight excluding hydrogens is 584 g/mol. The number of nitrogens with zero attached hydrogens (tertiary/aromatic N) is 1. The molecule has 3 fully saturated rings. The van der Waals surface area contributed by atoms with Crippen molar-refractivity contribution in [2.24, 2.45) is 29.4 Å². The van der Waals surface area contributed by atoms with Crippen LogP contribution < -0.4 is 5.73 Å². The molecule has 40 heavy (non-hydrogen) atoms. The Labute approximate surface area is 240 Å². The number of phenols is 1. The molecule has 4 aliphatic carbocycles. The van der Waals surface area contributed by atoms with Gasteiger partial charge in [0.25, 0.3) is 0 Å². The standard InChI is InChI=1S/C29H34BrN2O8/c1-32(2)22-20-24(40-28(38)13-8-5-3-4-6-9-13)15-12-14-10-7-11-16(33)17(14)23(34)18(15)25(35)29(20,39)26(36)19(21(22)30)27(31)37/h7,10-13,15,19-22,24,33-34,39H,3-6,8-9H2,1-2H3,(H2,31,37)/t15-,19?,20-,21?,22+,24+,29+/m0/s1.